The third kappa shape index (κ3) is 5.74. The predicted octanol–water partition coefficient (Wildman–Crippen LogP) is 15.3. The summed E-state index contributed by atoms with van der Waals surface area (Å²) in [5, 5.41) is 5.15. The van der Waals surface area contributed by atoms with Gasteiger partial charge in [-0.1, -0.05) is 170 Å². The highest BCUT2D eigenvalue weighted by atomic mass is 32.1. The highest BCUT2D eigenvalue weighted by Crippen LogP contribution is 2.44. The number of thiophene rings is 1. The normalized spacial score (nSPS) is 11.3. The third-order valence-corrected chi connectivity index (χ3v) is 11.7. The van der Waals surface area contributed by atoms with Crippen molar-refractivity contribution in [2.24, 2.45) is 0 Å². The number of anilines is 3. The van der Waals surface area contributed by atoms with Gasteiger partial charge in [0.15, 0.2) is 0 Å². The monoisotopic (exact) mass is 705 g/mol. The first-order chi connectivity index (χ1) is 26.8. The average Bonchev–Trinajstić information content (AvgIpc) is 3.64. The van der Waals surface area contributed by atoms with Crippen LogP contribution in [0.15, 0.2) is 212 Å². The van der Waals surface area contributed by atoms with E-state index in [4.69, 9.17) is 0 Å². The molecule has 54 heavy (non-hydrogen) atoms. The van der Waals surface area contributed by atoms with Gasteiger partial charge in [-0.2, -0.15) is 0 Å². The number of rotatable bonds is 7. The molecule has 0 saturated heterocycles. The highest BCUT2D eigenvalue weighted by Gasteiger charge is 2.19. The quantitative estimate of drug-likeness (QED) is 0.160. The Morgan fingerprint density at radius 2 is 0.833 bits per heavy atom. The van der Waals surface area contributed by atoms with Gasteiger partial charge in [0.1, 0.15) is 0 Å². The molecule has 9 aromatic carbocycles. The fourth-order valence-corrected chi connectivity index (χ4v) is 9.11. The highest BCUT2D eigenvalue weighted by molar-refractivity contribution is 7.26. The van der Waals surface area contributed by atoms with E-state index in [0.29, 0.717) is 0 Å². The summed E-state index contributed by atoms with van der Waals surface area (Å²) in [6.45, 7) is 0. The first kappa shape index (κ1) is 32.0. The van der Waals surface area contributed by atoms with Crippen molar-refractivity contribution in [2.75, 3.05) is 4.90 Å². The molecule has 0 atom stereocenters. The zero-order chi connectivity index (χ0) is 35.8. The van der Waals surface area contributed by atoms with Crippen molar-refractivity contribution < 1.29 is 0 Å². The number of para-hydroxylation sites is 1. The zero-order valence-electron chi connectivity index (χ0n) is 29.6. The molecule has 0 saturated carbocycles. The van der Waals surface area contributed by atoms with Crippen LogP contribution in [0, 0.1) is 0 Å². The summed E-state index contributed by atoms with van der Waals surface area (Å²) in [5.74, 6) is 0. The summed E-state index contributed by atoms with van der Waals surface area (Å²) in [4.78, 5) is 2.40. The van der Waals surface area contributed by atoms with Crippen molar-refractivity contribution in [1.82, 2.24) is 0 Å². The number of benzene rings is 9. The molecule has 2 heteroatoms. The zero-order valence-corrected chi connectivity index (χ0v) is 30.4. The van der Waals surface area contributed by atoms with Crippen LogP contribution in [0.5, 0.6) is 0 Å². The Balaban J connectivity index is 1.10. The van der Waals surface area contributed by atoms with E-state index in [0.717, 1.165) is 17.1 Å². The SMILES string of the molecule is c1ccc(-c2ccc(N(c3ccc(-c4cccc5c4sc4ccccc45)cc3)c3ccccc3-c3cccc(-c4cccc5ccccc45)c3)cc2)cc1. The average molecular weight is 706 g/mol. The van der Waals surface area contributed by atoms with Crippen LogP contribution in [0.1, 0.15) is 0 Å². The molecule has 0 amide bonds. The Kier molecular flexibility index (Phi) is 8.09. The van der Waals surface area contributed by atoms with Crippen LogP contribution >= 0.6 is 11.3 Å². The number of nitrogens with zero attached hydrogens (tertiary/aromatic N) is 1. The molecule has 0 bridgehead atoms. The fourth-order valence-electron chi connectivity index (χ4n) is 7.87. The summed E-state index contributed by atoms with van der Waals surface area (Å²) in [6, 6.07) is 77.1. The van der Waals surface area contributed by atoms with Gasteiger partial charge in [0.2, 0.25) is 0 Å². The Hall–Kier alpha value is -6.74. The standard InChI is InChI=1S/C52H35NS/c1-2-13-36(14-3-1)37-27-31-42(32-28-37)53(43-33-29-39(30-34-43)47-23-12-24-49-48-21-7-9-26-51(48)54-52(47)49)50-25-8-6-20-46(50)41-18-10-17-40(35-41)45-22-11-16-38-15-4-5-19-44(38)45/h1-35H. The summed E-state index contributed by atoms with van der Waals surface area (Å²) in [6.07, 6.45) is 0. The molecule has 10 aromatic rings. The van der Waals surface area contributed by atoms with Crippen molar-refractivity contribution in [3.05, 3.63) is 212 Å². The van der Waals surface area contributed by atoms with Gasteiger partial charge in [-0.3, -0.25) is 0 Å². The van der Waals surface area contributed by atoms with Gasteiger partial charge in [0.05, 0.1) is 5.69 Å². The lowest BCUT2D eigenvalue weighted by molar-refractivity contribution is 1.28. The van der Waals surface area contributed by atoms with Gasteiger partial charge in [-0.25, -0.2) is 0 Å². The van der Waals surface area contributed by atoms with Gasteiger partial charge in [0, 0.05) is 37.1 Å². The maximum absolute atomic E-state index is 2.40. The molecule has 0 aliphatic heterocycles. The minimum absolute atomic E-state index is 1.10. The first-order valence-electron chi connectivity index (χ1n) is 18.4. The molecule has 0 spiro atoms. The smallest absolute Gasteiger partial charge is 0.0540 e. The summed E-state index contributed by atoms with van der Waals surface area (Å²) in [7, 11) is 0. The van der Waals surface area contributed by atoms with E-state index >= 15 is 0 Å². The summed E-state index contributed by atoms with van der Waals surface area (Å²) < 4.78 is 2.65. The molecule has 1 aromatic heterocycles. The molecule has 1 nitrogen and oxygen atoms in total. The van der Waals surface area contributed by atoms with Crippen molar-refractivity contribution in [2.45, 2.75) is 0 Å². The van der Waals surface area contributed by atoms with Crippen molar-refractivity contribution in [1.29, 1.82) is 0 Å². The van der Waals surface area contributed by atoms with E-state index in [9.17, 15) is 0 Å². The van der Waals surface area contributed by atoms with E-state index in [-0.39, 0.29) is 0 Å². The Morgan fingerprint density at radius 1 is 0.315 bits per heavy atom. The Morgan fingerprint density at radius 3 is 1.65 bits per heavy atom. The lowest BCUT2D eigenvalue weighted by Crippen LogP contribution is -2.11. The van der Waals surface area contributed by atoms with Crippen molar-refractivity contribution in [3.63, 3.8) is 0 Å². The van der Waals surface area contributed by atoms with Gasteiger partial charge in [0.25, 0.3) is 0 Å². The van der Waals surface area contributed by atoms with E-state index in [1.165, 1.54) is 75.5 Å². The molecular weight excluding hydrogens is 671 g/mol. The van der Waals surface area contributed by atoms with Crippen LogP contribution in [0.2, 0.25) is 0 Å². The van der Waals surface area contributed by atoms with E-state index < -0.39 is 0 Å². The Labute approximate surface area is 319 Å². The molecule has 1 heterocycles. The van der Waals surface area contributed by atoms with Crippen molar-refractivity contribution in [3.8, 4) is 44.5 Å². The molecule has 0 aliphatic rings. The lowest BCUT2D eigenvalue weighted by Gasteiger charge is -2.28. The summed E-state index contributed by atoms with van der Waals surface area (Å²) in [5.41, 5.74) is 13.0. The molecular formula is C52H35NS. The van der Waals surface area contributed by atoms with Gasteiger partial charge in [-0.15, -0.1) is 11.3 Å². The van der Waals surface area contributed by atoms with Crippen LogP contribution in [-0.2, 0) is 0 Å². The topological polar surface area (TPSA) is 3.24 Å². The minimum Gasteiger partial charge on any atom is -0.310 e. The molecule has 0 unspecified atom stereocenters. The van der Waals surface area contributed by atoms with Crippen LogP contribution in [0.25, 0.3) is 75.5 Å². The molecule has 0 aliphatic carbocycles. The maximum Gasteiger partial charge on any atom is 0.0540 e. The van der Waals surface area contributed by atoms with Crippen LogP contribution < -0.4 is 4.90 Å². The molecule has 10 rings (SSSR count). The number of fused-ring (bicyclic) bond motifs is 4. The van der Waals surface area contributed by atoms with Gasteiger partial charge >= 0.3 is 0 Å². The second kappa shape index (κ2) is 13.7. The molecule has 254 valence electrons. The molecule has 0 fully saturated rings. The van der Waals surface area contributed by atoms with Crippen LogP contribution in [0.3, 0.4) is 0 Å². The molecule has 0 N–H and O–H groups in total. The third-order valence-electron chi connectivity index (χ3n) is 10.5. The Bertz CT molecular complexity index is 2920. The largest absolute Gasteiger partial charge is 0.310 e. The van der Waals surface area contributed by atoms with Crippen molar-refractivity contribution >= 4 is 59.3 Å². The van der Waals surface area contributed by atoms with Crippen LogP contribution in [-0.4, -0.2) is 0 Å². The maximum atomic E-state index is 2.40. The second-order valence-corrected chi connectivity index (χ2v) is 14.8. The lowest BCUT2D eigenvalue weighted by atomic mass is 9.94. The second-order valence-electron chi connectivity index (χ2n) is 13.7. The van der Waals surface area contributed by atoms with E-state index in [1.54, 1.807) is 0 Å². The molecule has 0 radical (unpaired) electrons. The first-order valence-corrected chi connectivity index (χ1v) is 19.2. The fraction of sp³-hybridized carbons (Fsp3) is 0. The number of hydrogen-bond donors (Lipinski definition) is 0. The minimum atomic E-state index is 1.10. The van der Waals surface area contributed by atoms with E-state index in [2.05, 4.69) is 217 Å². The predicted molar refractivity (Wildman–Crippen MR) is 233 cm³/mol. The summed E-state index contributed by atoms with van der Waals surface area (Å²) >= 11 is 1.88. The number of hydrogen-bond acceptors (Lipinski definition) is 2. The van der Waals surface area contributed by atoms with E-state index in [1.807, 2.05) is 11.3 Å². The van der Waals surface area contributed by atoms with Gasteiger partial charge < -0.3 is 4.90 Å². The van der Waals surface area contributed by atoms with Gasteiger partial charge in [-0.05, 0) is 92.2 Å². The van der Waals surface area contributed by atoms with Crippen LogP contribution in [0.4, 0.5) is 17.1 Å².